The molecular weight excluding hydrogens is 302 g/mol. The minimum Gasteiger partial charge on any atom is -0.481 e. The second-order valence-electron chi connectivity index (χ2n) is 6.19. The SMILES string of the molecule is CC(CC(=O)N[C@@H]1CCC[C@@H]1C(=O)O)Cc1ccc(Cl)cc1. The molecular formula is C17H22ClNO3. The first-order chi connectivity index (χ1) is 10.5. The molecule has 120 valence electrons. The van der Waals surface area contributed by atoms with Crippen LogP contribution in [0.4, 0.5) is 0 Å². The summed E-state index contributed by atoms with van der Waals surface area (Å²) in [6.07, 6.45) is 3.49. The fraction of sp³-hybridized carbons (Fsp3) is 0.529. The summed E-state index contributed by atoms with van der Waals surface area (Å²) in [6.45, 7) is 2.03. The fourth-order valence-corrected chi connectivity index (χ4v) is 3.23. The molecule has 0 aliphatic heterocycles. The van der Waals surface area contributed by atoms with E-state index in [0.717, 1.165) is 24.8 Å². The monoisotopic (exact) mass is 323 g/mol. The Morgan fingerprint density at radius 3 is 2.64 bits per heavy atom. The van der Waals surface area contributed by atoms with E-state index in [1.807, 2.05) is 31.2 Å². The Morgan fingerprint density at radius 1 is 1.32 bits per heavy atom. The second-order valence-corrected chi connectivity index (χ2v) is 6.63. The maximum Gasteiger partial charge on any atom is 0.308 e. The Hall–Kier alpha value is -1.55. The largest absolute Gasteiger partial charge is 0.481 e. The minimum absolute atomic E-state index is 0.0559. The smallest absolute Gasteiger partial charge is 0.308 e. The average molecular weight is 324 g/mol. The first kappa shape index (κ1) is 16.8. The highest BCUT2D eigenvalue weighted by Gasteiger charge is 2.33. The number of hydrogen-bond donors (Lipinski definition) is 2. The average Bonchev–Trinajstić information content (AvgIpc) is 2.89. The van der Waals surface area contributed by atoms with Gasteiger partial charge in [0.2, 0.25) is 5.91 Å². The molecule has 2 N–H and O–H groups in total. The number of carbonyl (C=O) groups excluding carboxylic acids is 1. The van der Waals surface area contributed by atoms with Gasteiger partial charge in [0, 0.05) is 17.5 Å². The molecule has 1 aliphatic rings. The van der Waals surface area contributed by atoms with E-state index in [9.17, 15) is 9.59 Å². The van der Waals surface area contributed by atoms with Crippen LogP contribution in [0.15, 0.2) is 24.3 Å². The quantitative estimate of drug-likeness (QED) is 0.844. The summed E-state index contributed by atoms with van der Waals surface area (Å²) in [7, 11) is 0. The normalized spacial score (nSPS) is 22.3. The molecule has 1 unspecified atom stereocenters. The van der Waals surface area contributed by atoms with Gasteiger partial charge in [0.1, 0.15) is 0 Å². The highest BCUT2D eigenvalue weighted by atomic mass is 35.5. The first-order valence-electron chi connectivity index (χ1n) is 7.72. The van der Waals surface area contributed by atoms with E-state index in [1.165, 1.54) is 0 Å². The number of nitrogens with one attached hydrogen (secondary N) is 1. The number of benzene rings is 1. The molecule has 3 atom stereocenters. The lowest BCUT2D eigenvalue weighted by molar-refractivity contribution is -0.142. The van der Waals surface area contributed by atoms with E-state index < -0.39 is 11.9 Å². The number of aliphatic carboxylic acids is 1. The van der Waals surface area contributed by atoms with Gasteiger partial charge in [-0.05, 0) is 42.9 Å². The van der Waals surface area contributed by atoms with E-state index in [0.29, 0.717) is 17.9 Å². The van der Waals surface area contributed by atoms with Crippen LogP contribution in [0.25, 0.3) is 0 Å². The Morgan fingerprint density at radius 2 is 2.00 bits per heavy atom. The van der Waals surface area contributed by atoms with Gasteiger partial charge in [-0.25, -0.2) is 0 Å². The predicted octanol–water partition coefficient (Wildman–Crippen LogP) is 3.28. The zero-order valence-corrected chi connectivity index (χ0v) is 13.5. The molecule has 0 spiro atoms. The molecule has 22 heavy (non-hydrogen) atoms. The lowest BCUT2D eigenvalue weighted by Gasteiger charge is -2.19. The molecule has 0 bridgehead atoms. The van der Waals surface area contributed by atoms with Gasteiger partial charge in [0.15, 0.2) is 0 Å². The van der Waals surface area contributed by atoms with Crippen molar-refractivity contribution in [2.75, 3.05) is 0 Å². The minimum atomic E-state index is -0.808. The molecule has 4 nitrogen and oxygen atoms in total. The summed E-state index contributed by atoms with van der Waals surface area (Å²) < 4.78 is 0. The molecule has 2 rings (SSSR count). The number of halogens is 1. The summed E-state index contributed by atoms with van der Waals surface area (Å²) in [5, 5.41) is 12.7. The van der Waals surface area contributed by atoms with Crippen molar-refractivity contribution in [2.45, 2.75) is 45.1 Å². The van der Waals surface area contributed by atoms with Gasteiger partial charge in [0.05, 0.1) is 5.92 Å². The predicted molar refractivity (Wildman–Crippen MR) is 85.8 cm³/mol. The van der Waals surface area contributed by atoms with E-state index in [2.05, 4.69) is 5.32 Å². The van der Waals surface area contributed by atoms with E-state index in [1.54, 1.807) is 0 Å². The summed E-state index contributed by atoms with van der Waals surface area (Å²) in [5.74, 6) is -1.10. The fourth-order valence-electron chi connectivity index (χ4n) is 3.11. The van der Waals surface area contributed by atoms with Gasteiger partial charge in [-0.1, -0.05) is 37.1 Å². The van der Waals surface area contributed by atoms with Gasteiger partial charge in [-0.2, -0.15) is 0 Å². The highest BCUT2D eigenvalue weighted by Crippen LogP contribution is 2.26. The van der Waals surface area contributed by atoms with E-state index in [-0.39, 0.29) is 17.9 Å². The molecule has 1 amide bonds. The molecule has 0 radical (unpaired) electrons. The Balaban J connectivity index is 1.81. The lowest BCUT2D eigenvalue weighted by Crippen LogP contribution is -2.40. The Kier molecular flexibility index (Phi) is 5.83. The van der Waals surface area contributed by atoms with Crippen molar-refractivity contribution in [3.05, 3.63) is 34.9 Å². The lowest BCUT2D eigenvalue weighted by atomic mass is 9.97. The highest BCUT2D eigenvalue weighted by molar-refractivity contribution is 6.30. The van der Waals surface area contributed by atoms with Gasteiger partial charge < -0.3 is 10.4 Å². The maximum atomic E-state index is 12.1. The van der Waals surface area contributed by atoms with Gasteiger partial charge in [-0.3, -0.25) is 9.59 Å². The van der Waals surface area contributed by atoms with Crippen LogP contribution in [-0.2, 0) is 16.0 Å². The summed E-state index contributed by atoms with van der Waals surface area (Å²) in [6, 6.07) is 7.41. The topological polar surface area (TPSA) is 66.4 Å². The van der Waals surface area contributed by atoms with Gasteiger partial charge in [-0.15, -0.1) is 0 Å². The van der Waals surface area contributed by atoms with E-state index >= 15 is 0 Å². The molecule has 1 fully saturated rings. The van der Waals surface area contributed by atoms with Crippen molar-refractivity contribution in [3.8, 4) is 0 Å². The van der Waals surface area contributed by atoms with Crippen molar-refractivity contribution in [3.63, 3.8) is 0 Å². The van der Waals surface area contributed by atoms with Crippen molar-refractivity contribution < 1.29 is 14.7 Å². The molecule has 0 aromatic heterocycles. The van der Waals surface area contributed by atoms with Crippen LogP contribution in [0.2, 0.25) is 5.02 Å². The standard InChI is InChI=1S/C17H22ClNO3/c1-11(9-12-5-7-13(18)8-6-12)10-16(20)19-15-4-2-3-14(15)17(21)22/h5-8,11,14-15H,2-4,9-10H2,1H3,(H,19,20)(H,21,22)/t11?,14-,15+/m0/s1. The number of carbonyl (C=O) groups is 2. The number of carboxylic acids is 1. The zero-order chi connectivity index (χ0) is 16.1. The summed E-state index contributed by atoms with van der Waals surface area (Å²) >= 11 is 5.85. The van der Waals surface area contributed by atoms with Crippen LogP contribution in [0.5, 0.6) is 0 Å². The molecule has 1 aliphatic carbocycles. The number of carboxylic acid groups (broad SMARTS) is 1. The van der Waals surface area contributed by atoms with Gasteiger partial charge in [0.25, 0.3) is 0 Å². The molecule has 0 saturated heterocycles. The zero-order valence-electron chi connectivity index (χ0n) is 12.7. The van der Waals surface area contributed by atoms with Crippen molar-refractivity contribution >= 4 is 23.5 Å². The molecule has 0 heterocycles. The third-order valence-electron chi connectivity index (χ3n) is 4.21. The summed E-state index contributed by atoms with van der Waals surface area (Å²) in [4.78, 5) is 23.2. The van der Waals surface area contributed by atoms with E-state index in [4.69, 9.17) is 16.7 Å². The van der Waals surface area contributed by atoms with Crippen molar-refractivity contribution in [1.82, 2.24) is 5.32 Å². The number of rotatable bonds is 6. The molecule has 1 aromatic rings. The van der Waals surface area contributed by atoms with Crippen LogP contribution < -0.4 is 5.32 Å². The third-order valence-corrected chi connectivity index (χ3v) is 4.46. The number of amides is 1. The second kappa shape index (κ2) is 7.63. The molecule has 5 heteroatoms. The van der Waals surface area contributed by atoms with Crippen LogP contribution in [0.1, 0.15) is 38.2 Å². The molecule has 1 saturated carbocycles. The Labute approximate surface area is 135 Å². The van der Waals surface area contributed by atoms with Crippen molar-refractivity contribution in [2.24, 2.45) is 11.8 Å². The first-order valence-corrected chi connectivity index (χ1v) is 8.10. The van der Waals surface area contributed by atoms with Crippen LogP contribution in [0, 0.1) is 11.8 Å². The van der Waals surface area contributed by atoms with Crippen LogP contribution >= 0.6 is 11.6 Å². The summed E-state index contributed by atoms with van der Waals surface area (Å²) in [5.41, 5.74) is 1.15. The van der Waals surface area contributed by atoms with Gasteiger partial charge >= 0.3 is 5.97 Å². The van der Waals surface area contributed by atoms with Crippen LogP contribution in [0.3, 0.4) is 0 Å². The number of hydrogen-bond acceptors (Lipinski definition) is 2. The third kappa shape index (κ3) is 4.73. The van der Waals surface area contributed by atoms with Crippen LogP contribution in [-0.4, -0.2) is 23.0 Å². The maximum absolute atomic E-state index is 12.1. The molecule has 1 aromatic carbocycles. The van der Waals surface area contributed by atoms with Crippen molar-refractivity contribution in [1.29, 1.82) is 0 Å². The Bertz CT molecular complexity index is 529.